The van der Waals surface area contributed by atoms with E-state index in [-0.39, 0.29) is 23.8 Å². The number of rotatable bonds is 10. The fourth-order valence-electron chi connectivity index (χ4n) is 5.72. The summed E-state index contributed by atoms with van der Waals surface area (Å²) in [5.74, 6) is 0.479. The Bertz CT molecular complexity index is 2280. The van der Waals surface area contributed by atoms with E-state index >= 15 is 0 Å². The molecule has 0 bridgehead atoms. The Balaban J connectivity index is 1.49. The normalized spacial score (nSPS) is 14.4. The number of esters is 1. The molecule has 0 aliphatic carbocycles. The van der Waals surface area contributed by atoms with Crippen LogP contribution in [-0.2, 0) is 16.1 Å². The predicted octanol–water partition coefficient (Wildman–Crippen LogP) is 8.61. The molecule has 6 rings (SSSR count). The summed E-state index contributed by atoms with van der Waals surface area (Å²) in [5.41, 5.74) is 4.42. The minimum Gasteiger partial charge on any atom is -0.493 e. The number of ether oxygens (including phenoxy) is 3. The molecule has 1 aliphatic rings. The van der Waals surface area contributed by atoms with Gasteiger partial charge >= 0.3 is 5.97 Å². The number of thiazole rings is 1. The van der Waals surface area contributed by atoms with Crippen LogP contribution >= 0.6 is 46.1 Å². The van der Waals surface area contributed by atoms with E-state index in [0.29, 0.717) is 53.6 Å². The van der Waals surface area contributed by atoms with Crippen LogP contribution in [0.4, 0.5) is 0 Å². The van der Waals surface area contributed by atoms with Gasteiger partial charge in [-0.25, -0.2) is 9.79 Å². The molecule has 0 N–H and O–H groups in total. The van der Waals surface area contributed by atoms with E-state index in [0.717, 1.165) is 22.3 Å². The molecule has 2 heterocycles. The quantitative estimate of drug-likeness (QED) is 0.134. The average Bonchev–Trinajstić information content (AvgIpc) is 3.41. The van der Waals surface area contributed by atoms with Crippen LogP contribution in [0.5, 0.6) is 11.5 Å². The van der Waals surface area contributed by atoms with Crippen molar-refractivity contribution in [2.45, 2.75) is 39.3 Å². The van der Waals surface area contributed by atoms with Gasteiger partial charge in [-0.2, -0.15) is 0 Å². The van der Waals surface area contributed by atoms with Crippen LogP contribution in [0.1, 0.15) is 60.5 Å². The summed E-state index contributed by atoms with van der Waals surface area (Å²) in [6.07, 6.45) is 1.73. The number of benzene rings is 4. The van der Waals surface area contributed by atoms with Crippen molar-refractivity contribution >= 4 is 63.9 Å². The molecule has 1 aromatic heterocycles. The van der Waals surface area contributed by atoms with Gasteiger partial charge in [0, 0.05) is 21.2 Å². The van der Waals surface area contributed by atoms with E-state index in [4.69, 9.17) is 54.0 Å². The first-order chi connectivity index (χ1) is 24.1. The number of carbonyl (C=O) groups is 1. The topological polar surface area (TPSA) is 79.1 Å². The van der Waals surface area contributed by atoms with Crippen LogP contribution < -0.4 is 24.4 Å². The molecule has 0 saturated heterocycles. The molecule has 0 fully saturated rings. The summed E-state index contributed by atoms with van der Waals surface area (Å²) in [5, 5.41) is 1.27. The summed E-state index contributed by atoms with van der Waals surface area (Å²) >= 11 is 20.3. The highest BCUT2D eigenvalue weighted by Gasteiger charge is 2.35. The third-order valence-corrected chi connectivity index (χ3v) is 10.1. The number of nitrogens with zero attached hydrogens (tertiary/aromatic N) is 2. The van der Waals surface area contributed by atoms with Crippen molar-refractivity contribution in [3.63, 3.8) is 0 Å². The summed E-state index contributed by atoms with van der Waals surface area (Å²) in [6, 6.07) is 25.2. The largest absolute Gasteiger partial charge is 0.493 e. The average molecular weight is 748 g/mol. The maximum absolute atomic E-state index is 14.4. The zero-order valence-corrected chi connectivity index (χ0v) is 30.8. The maximum Gasteiger partial charge on any atom is 0.338 e. The van der Waals surface area contributed by atoms with Gasteiger partial charge in [0.1, 0.15) is 6.61 Å². The number of carbonyl (C=O) groups excluding carboxylic acids is 1. The first kappa shape index (κ1) is 35.5. The molecule has 0 radical (unpaired) electrons. The number of halogens is 3. The molecule has 0 amide bonds. The fraction of sp³-hybridized carbons (Fsp3) is 0.205. The van der Waals surface area contributed by atoms with Crippen LogP contribution in [-0.4, -0.2) is 24.3 Å². The Hall–Kier alpha value is -4.34. The van der Waals surface area contributed by atoms with Gasteiger partial charge in [0.05, 0.1) is 40.6 Å². The third-order valence-electron chi connectivity index (χ3n) is 8.23. The highest BCUT2D eigenvalue weighted by molar-refractivity contribution is 7.07. The van der Waals surface area contributed by atoms with Gasteiger partial charge in [0.15, 0.2) is 16.3 Å². The third kappa shape index (κ3) is 7.25. The first-order valence-electron chi connectivity index (χ1n) is 15.9. The Morgan fingerprint density at radius 2 is 1.72 bits per heavy atom. The summed E-state index contributed by atoms with van der Waals surface area (Å²) < 4.78 is 19.2. The van der Waals surface area contributed by atoms with Crippen LogP contribution in [0.15, 0.2) is 100 Å². The van der Waals surface area contributed by atoms with E-state index in [2.05, 4.69) is 13.8 Å². The molecule has 4 aromatic carbocycles. The molecule has 1 atom stereocenters. The van der Waals surface area contributed by atoms with E-state index in [1.807, 2.05) is 54.6 Å². The summed E-state index contributed by atoms with van der Waals surface area (Å²) in [6.45, 7) is 6.29. The predicted molar refractivity (Wildman–Crippen MR) is 200 cm³/mol. The van der Waals surface area contributed by atoms with Crippen molar-refractivity contribution < 1.29 is 19.0 Å². The lowest BCUT2D eigenvalue weighted by molar-refractivity contribution is -0.138. The molecule has 11 heteroatoms. The van der Waals surface area contributed by atoms with E-state index in [1.165, 1.54) is 18.4 Å². The van der Waals surface area contributed by atoms with Gasteiger partial charge in [0.25, 0.3) is 5.56 Å². The minimum absolute atomic E-state index is 0.134. The lowest BCUT2D eigenvalue weighted by Crippen LogP contribution is -2.40. The van der Waals surface area contributed by atoms with Crippen LogP contribution in [0, 0.1) is 0 Å². The van der Waals surface area contributed by atoms with E-state index in [1.54, 1.807) is 47.9 Å². The van der Waals surface area contributed by atoms with Gasteiger partial charge in [-0.05, 0) is 59.9 Å². The lowest BCUT2D eigenvalue weighted by atomic mass is 9.91. The smallest absolute Gasteiger partial charge is 0.338 e. The fourth-order valence-corrected chi connectivity index (χ4v) is 7.46. The molecule has 50 heavy (non-hydrogen) atoms. The zero-order chi connectivity index (χ0) is 35.5. The molecule has 5 aromatic rings. The van der Waals surface area contributed by atoms with Crippen molar-refractivity contribution in [2.75, 3.05) is 13.7 Å². The number of methoxy groups -OCH3 is 1. The van der Waals surface area contributed by atoms with Crippen molar-refractivity contribution in [1.29, 1.82) is 0 Å². The van der Waals surface area contributed by atoms with Crippen LogP contribution in [0.3, 0.4) is 0 Å². The molecular weight excluding hydrogens is 715 g/mol. The number of fused-ring (bicyclic) bond motifs is 1. The Morgan fingerprint density at radius 3 is 2.38 bits per heavy atom. The van der Waals surface area contributed by atoms with E-state index < -0.39 is 12.0 Å². The zero-order valence-electron chi connectivity index (χ0n) is 27.7. The van der Waals surface area contributed by atoms with Crippen molar-refractivity contribution in [2.24, 2.45) is 4.99 Å². The minimum atomic E-state index is -0.780. The highest BCUT2D eigenvalue weighted by Crippen LogP contribution is 2.38. The Labute approximate surface area is 308 Å². The monoisotopic (exact) mass is 746 g/mol. The Morgan fingerprint density at radius 1 is 0.980 bits per heavy atom. The van der Waals surface area contributed by atoms with Crippen molar-refractivity contribution in [3.05, 3.63) is 153 Å². The summed E-state index contributed by atoms with van der Waals surface area (Å²) in [4.78, 5) is 33.5. The van der Waals surface area contributed by atoms with Crippen LogP contribution in [0.2, 0.25) is 15.1 Å². The Kier molecular flexibility index (Phi) is 10.8. The van der Waals surface area contributed by atoms with Crippen molar-refractivity contribution in [3.8, 4) is 11.5 Å². The second-order valence-corrected chi connectivity index (χ2v) is 14.1. The first-order valence-corrected chi connectivity index (χ1v) is 17.9. The van der Waals surface area contributed by atoms with Crippen LogP contribution in [0.25, 0.3) is 11.8 Å². The SMILES string of the molecule is CCOC(=O)C1=C(c2ccccc2)N=c2s/c(=C\c3cc(Cl)c(OCc4ccc(Cl)cc4Cl)c(OC)c3)c(=O)n2[C@@H]1c1ccc(C(C)C)cc1. The standard InChI is InChI=1S/C39H33Cl3N2O5S/c1-5-48-38(46)33-34(25-9-7-6-8-10-25)43-39-44(35(33)26-13-11-24(12-14-26)22(2)3)37(45)32(50-39)19-23-17-30(42)36(31(18-23)47-4)49-21-27-15-16-28(40)20-29(27)41/h6-20,22,35H,5,21H2,1-4H3/b32-19-/t35-/m1/s1. The van der Waals surface area contributed by atoms with Gasteiger partial charge in [-0.3, -0.25) is 9.36 Å². The molecule has 0 unspecified atom stereocenters. The van der Waals surface area contributed by atoms with Gasteiger partial charge in [-0.1, -0.05) is 121 Å². The second kappa shape index (κ2) is 15.3. The molecule has 0 spiro atoms. The molecule has 7 nitrogen and oxygen atoms in total. The molecule has 1 aliphatic heterocycles. The lowest BCUT2D eigenvalue weighted by Gasteiger charge is -2.26. The number of hydrogen-bond donors (Lipinski definition) is 0. The highest BCUT2D eigenvalue weighted by atomic mass is 35.5. The van der Waals surface area contributed by atoms with Gasteiger partial charge in [-0.15, -0.1) is 0 Å². The summed E-state index contributed by atoms with van der Waals surface area (Å²) in [7, 11) is 1.51. The van der Waals surface area contributed by atoms with Crippen molar-refractivity contribution in [1.82, 2.24) is 4.57 Å². The van der Waals surface area contributed by atoms with E-state index in [9.17, 15) is 9.59 Å². The molecular formula is C39H33Cl3N2O5S. The van der Waals surface area contributed by atoms with Gasteiger partial charge < -0.3 is 14.2 Å². The maximum atomic E-state index is 14.4. The number of hydrogen-bond acceptors (Lipinski definition) is 7. The number of aromatic nitrogens is 1. The molecule has 0 saturated carbocycles. The molecule has 256 valence electrons. The van der Waals surface area contributed by atoms with Gasteiger partial charge in [0.2, 0.25) is 0 Å². The second-order valence-electron chi connectivity index (χ2n) is 11.8.